The lowest BCUT2D eigenvalue weighted by atomic mass is 9.48. The van der Waals surface area contributed by atoms with Crippen LogP contribution >= 0.6 is 0 Å². The predicted molar refractivity (Wildman–Crippen MR) is 116 cm³/mol. The molecule has 1 aromatic rings. The Balaban J connectivity index is 1.40. The summed E-state index contributed by atoms with van der Waals surface area (Å²) >= 11 is 0. The van der Waals surface area contributed by atoms with E-state index in [9.17, 15) is 10.1 Å². The van der Waals surface area contributed by atoms with Crippen LogP contribution in [0.2, 0.25) is 0 Å². The molecule has 1 unspecified atom stereocenters. The van der Waals surface area contributed by atoms with Gasteiger partial charge in [-0.15, -0.1) is 0 Å². The molecule has 4 bridgehead atoms. The topological polar surface area (TPSA) is 68.2 Å². The van der Waals surface area contributed by atoms with Gasteiger partial charge in [-0.05, 0) is 92.9 Å². The molecule has 0 heterocycles. The monoisotopic (exact) mass is 392 g/mol. The van der Waals surface area contributed by atoms with Crippen LogP contribution in [-0.2, 0) is 4.79 Å². The minimum atomic E-state index is -0.270. The highest BCUT2D eigenvalue weighted by Gasteiger charge is 2.53. The van der Waals surface area contributed by atoms with Gasteiger partial charge in [0, 0.05) is 37.7 Å². The molecule has 2 N–H and O–H groups in total. The van der Waals surface area contributed by atoms with E-state index in [0.29, 0.717) is 0 Å². The molecule has 0 saturated heterocycles. The van der Waals surface area contributed by atoms with Crippen molar-refractivity contribution < 1.29 is 4.79 Å². The number of carbonyl (C=O) groups excluding carboxylic acids is 1. The summed E-state index contributed by atoms with van der Waals surface area (Å²) in [5, 5.41) is 15.8. The van der Waals surface area contributed by atoms with Gasteiger partial charge in [-0.25, -0.2) is 0 Å². The second-order valence-electron chi connectivity index (χ2n) is 9.73. The maximum absolute atomic E-state index is 12.8. The van der Waals surface area contributed by atoms with Crippen LogP contribution in [0, 0.1) is 34.5 Å². The van der Waals surface area contributed by atoms with Crippen LogP contribution in [0.3, 0.4) is 0 Å². The molecule has 0 aromatic heterocycles. The third-order valence-corrected chi connectivity index (χ3v) is 7.48. The van der Waals surface area contributed by atoms with E-state index < -0.39 is 0 Å². The second-order valence-corrected chi connectivity index (χ2v) is 9.73. The zero-order valence-electron chi connectivity index (χ0n) is 17.7. The maximum atomic E-state index is 12.8. The average Bonchev–Trinajstić information content (AvgIpc) is 2.67. The van der Waals surface area contributed by atoms with Crippen molar-refractivity contribution in [1.82, 2.24) is 5.32 Å². The van der Waals surface area contributed by atoms with Crippen LogP contribution < -0.4 is 15.5 Å². The molecule has 4 fully saturated rings. The van der Waals surface area contributed by atoms with Crippen LogP contribution in [0.1, 0.15) is 45.4 Å². The van der Waals surface area contributed by atoms with Gasteiger partial charge in [0.05, 0.1) is 0 Å². The average molecular weight is 393 g/mol. The second kappa shape index (κ2) is 7.74. The van der Waals surface area contributed by atoms with Crippen molar-refractivity contribution in [2.75, 3.05) is 24.3 Å². The number of rotatable bonds is 6. The predicted octanol–water partition coefficient (Wildman–Crippen LogP) is 4.29. The molecule has 4 saturated carbocycles. The van der Waals surface area contributed by atoms with Gasteiger partial charge in [-0.3, -0.25) is 4.79 Å². The molecule has 4 aliphatic rings. The highest BCUT2D eigenvalue weighted by atomic mass is 16.1. The minimum absolute atomic E-state index is 0.111. The number of hydrogen-bond acceptors (Lipinski definition) is 4. The molecular weight excluding hydrogens is 360 g/mol. The molecule has 1 atom stereocenters. The number of anilines is 2. The molecule has 29 heavy (non-hydrogen) atoms. The van der Waals surface area contributed by atoms with E-state index in [-0.39, 0.29) is 22.9 Å². The number of hydrogen-bond donors (Lipinski definition) is 2. The molecule has 0 radical (unpaired) electrons. The number of nitrogens with zero attached hydrogens (tertiary/aromatic N) is 2. The zero-order valence-corrected chi connectivity index (χ0v) is 17.7. The van der Waals surface area contributed by atoms with Crippen molar-refractivity contribution in [1.29, 1.82) is 5.26 Å². The van der Waals surface area contributed by atoms with Crippen LogP contribution in [-0.4, -0.2) is 26.0 Å². The highest BCUT2D eigenvalue weighted by Crippen LogP contribution is 2.61. The normalized spacial score (nSPS) is 31.1. The summed E-state index contributed by atoms with van der Waals surface area (Å²) in [6.07, 6.45) is 9.40. The summed E-state index contributed by atoms with van der Waals surface area (Å²) in [6.45, 7) is 2.15. The first-order valence-electron chi connectivity index (χ1n) is 10.8. The fourth-order valence-corrected chi connectivity index (χ4v) is 6.30. The van der Waals surface area contributed by atoms with Crippen molar-refractivity contribution in [3.8, 4) is 6.07 Å². The lowest BCUT2D eigenvalue weighted by Gasteiger charge is -2.59. The largest absolute Gasteiger partial charge is 0.378 e. The van der Waals surface area contributed by atoms with Crippen LogP contribution in [0.4, 0.5) is 11.4 Å². The number of nitrogens with one attached hydrogen (secondary N) is 2. The molecule has 0 spiro atoms. The summed E-state index contributed by atoms with van der Waals surface area (Å²) in [5.41, 5.74) is 2.31. The standard InChI is InChI=1S/C24H32N4O/c1-16(24-11-17-8-18(12-24)10-19(9-17)13-24)27-23(29)20(14-25)15-26-21-4-6-22(7-5-21)28(2)3/h4-7,15-19,26H,8-13H2,1-3H3,(H,27,29)/b20-15-. The Bertz CT molecular complexity index is 798. The van der Waals surface area contributed by atoms with Crippen LogP contribution in [0.15, 0.2) is 36.0 Å². The molecule has 1 aromatic carbocycles. The molecule has 1 amide bonds. The van der Waals surface area contributed by atoms with Crippen molar-refractivity contribution in [3.63, 3.8) is 0 Å². The van der Waals surface area contributed by atoms with Gasteiger partial charge in [0.1, 0.15) is 11.6 Å². The molecule has 154 valence electrons. The Kier molecular flexibility index (Phi) is 5.29. The lowest BCUT2D eigenvalue weighted by molar-refractivity contribution is -0.122. The van der Waals surface area contributed by atoms with Crippen molar-refractivity contribution in [2.45, 2.75) is 51.5 Å². The van der Waals surface area contributed by atoms with E-state index in [2.05, 4.69) is 23.6 Å². The van der Waals surface area contributed by atoms with Gasteiger partial charge in [0.15, 0.2) is 0 Å². The van der Waals surface area contributed by atoms with E-state index in [4.69, 9.17) is 0 Å². The first-order valence-corrected chi connectivity index (χ1v) is 10.8. The number of amides is 1. The first-order chi connectivity index (χ1) is 13.9. The van der Waals surface area contributed by atoms with Crippen molar-refractivity contribution in [2.24, 2.45) is 23.2 Å². The molecule has 4 aliphatic carbocycles. The summed E-state index contributed by atoms with van der Waals surface area (Å²) in [6, 6.07) is 10.0. The van der Waals surface area contributed by atoms with Crippen molar-refractivity contribution >= 4 is 17.3 Å². The maximum Gasteiger partial charge on any atom is 0.263 e. The third kappa shape index (κ3) is 3.99. The van der Waals surface area contributed by atoms with Gasteiger partial charge in [-0.1, -0.05) is 0 Å². The fourth-order valence-electron chi connectivity index (χ4n) is 6.30. The Morgan fingerprint density at radius 2 is 1.69 bits per heavy atom. The first kappa shape index (κ1) is 19.8. The molecule has 5 rings (SSSR count). The van der Waals surface area contributed by atoms with E-state index in [0.717, 1.165) is 29.1 Å². The Morgan fingerprint density at radius 3 is 2.17 bits per heavy atom. The molecule has 5 heteroatoms. The number of nitriles is 1. The van der Waals surface area contributed by atoms with Gasteiger partial charge in [-0.2, -0.15) is 5.26 Å². The summed E-state index contributed by atoms with van der Waals surface area (Å²) in [5.74, 6) is 2.27. The molecule has 0 aliphatic heterocycles. The Morgan fingerprint density at radius 1 is 1.14 bits per heavy atom. The smallest absolute Gasteiger partial charge is 0.263 e. The van der Waals surface area contributed by atoms with Crippen LogP contribution in [0.5, 0.6) is 0 Å². The quantitative estimate of drug-likeness (QED) is 0.560. The Labute approximate surface area is 174 Å². The van der Waals surface area contributed by atoms with E-state index in [1.807, 2.05) is 43.3 Å². The fraction of sp³-hybridized carbons (Fsp3) is 0.583. The minimum Gasteiger partial charge on any atom is -0.378 e. The van der Waals surface area contributed by atoms with E-state index in [1.165, 1.54) is 44.7 Å². The van der Waals surface area contributed by atoms with Crippen LogP contribution in [0.25, 0.3) is 0 Å². The SMILES string of the molecule is CC(NC(=O)/C(C#N)=C\Nc1ccc(N(C)C)cc1)C12CC3CC(CC(C3)C1)C2. The summed E-state index contributed by atoms with van der Waals surface area (Å²) < 4.78 is 0. The molecular formula is C24H32N4O. The van der Waals surface area contributed by atoms with Gasteiger partial charge in [0.25, 0.3) is 5.91 Å². The number of carbonyl (C=O) groups is 1. The van der Waals surface area contributed by atoms with Crippen molar-refractivity contribution in [3.05, 3.63) is 36.0 Å². The van der Waals surface area contributed by atoms with Gasteiger partial charge < -0.3 is 15.5 Å². The highest BCUT2D eigenvalue weighted by molar-refractivity contribution is 5.97. The van der Waals surface area contributed by atoms with Gasteiger partial charge in [0.2, 0.25) is 0 Å². The van der Waals surface area contributed by atoms with E-state index in [1.54, 1.807) is 0 Å². The lowest BCUT2D eigenvalue weighted by Crippen LogP contribution is -2.56. The Hall–Kier alpha value is -2.48. The summed E-state index contributed by atoms with van der Waals surface area (Å²) in [7, 11) is 3.98. The summed E-state index contributed by atoms with van der Waals surface area (Å²) in [4.78, 5) is 14.8. The third-order valence-electron chi connectivity index (χ3n) is 7.48. The zero-order chi connectivity index (χ0) is 20.6. The van der Waals surface area contributed by atoms with Gasteiger partial charge >= 0.3 is 0 Å². The molecule has 5 nitrogen and oxygen atoms in total. The number of benzene rings is 1. The van der Waals surface area contributed by atoms with E-state index >= 15 is 0 Å².